The molecule has 2 aromatic rings. The summed E-state index contributed by atoms with van der Waals surface area (Å²) in [5.74, 6) is 0.741. The Balaban J connectivity index is 2.11. The number of carbonyl (C=O) groups is 1. The number of sulfonamides is 1. The van der Waals surface area contributed by atoms with E-state index in [0.717, 1.165) is 16.1 Å². The summed E-state index contributed by atoms with van der Waals surface area (Å²) in [6, 6.07) is 10.2. The summed E-state index contributed by atoms with van der Waals surface area (Å²) < 4.78 is 36.6. The zero-order chi connectivity index (χ0) is 22.5. The lowest BCUT2D eigenvalue weighted by atomic mass is 10.2. The topological polar surface area (TPSA) is 84.9 Å². The molecule has 9 heteroatoms. The van der Waals surface area contributed by atoms with E-state index in [-0.39, 0.29) is 19.2 Å². The number of anilines is 1. The van der Waals surface area contributed by atoms with E-state index in [1.54, 1.807) is 44.4 Å². The molecule has 1 amide bonds. The number of amides is 1. The number of methoxy groups -OCH3 is 1. The summed E-state index contributed by atoms with van der Waals surface area (Å²) in [4.78, 5) is 12.5. The van der Waals surface area contributed by atoms with Gasteiger partial charge in [-0.15, -0.1) is 0 Å². The van der Waals surface area contributed by atoms with Crippen molar-refractivity contribution in [2.45, 2.75) is 33.4 Å². The minimum Gasteiger partial charge on any atom is -0.493 e. The van der Waals surface area contributed by atoms with Gasteiger partial charge in [0.1, 0.15) is 6.54 Å². The van der Waals surface area contributed by atoms with Crippen molar-refractivity contribution in [1.82, 2.24) is 5.32 Å². The average molecular weight is 455 g/mol. The molecule has 0 fully saturated rings. The molecule has 30 heavy (non-hydrogen) atoms. The zero-order valence-corrected chi connectivity index (χ0v) is 19.3. The van der Waals surface area contributed by atoms with Crippen molar-refractivity contribution in [3.05, 3.63) is 52.5 Å². The number of nitrogens with one attached hydrogen (secondary N) is 1. The molecule has 0 bridgehead atoms. The highest BCUT2D eigenvalue weighted by Crippen LogP contribution is 2.29. The number of halogens is 1. The Labute approximate surface area is 183 Å². The molecule has 0 aromatic heterocycles. The molecule has 0 atom stereocenters. The Morgan fingerprint density at radius 3 is 2.43 bits per heavy atom. The van der Waals surface area contributed by atoms with Crippen molar-refractivity contribution >= 4 is 33.2 Å². The maximum absolute atomic E-state index is 12.5. The Hall–Kier alpha value is -2.45. The fourth-order valence-corrected chi connectivity index (χ4v) is 3.98. The average Bonchev–Trinajstić information content (AvgIpc) is 2.64. The third-order valence-corrected chi connectivity index (χ3v) is 5.56. The molecule has 7 nitrogen and oxygen atoms in total. The molecular weight excluding hydrogens is 428 g/mol. The molecule has 2 aromatic carbocycles. The van der Waals surface area contributed by atoms with E-state index in [9.17, 15) is 13.2 Å². The fourth-order valence-electron chi connectivity index (χ4n) is 2.84. The first kappa shape index (κ1) is 23.8. The molecule has 0 aliphatic heterocycles. The number of hydrogen-bond donors (Lipinski definition) is 1. The van der Waals surface area contributed by atoms with Gasteiger partial charge in [0.2, 0.25) is 15.9 Å². The SMILES string of the molecule is COc1cc(CNC(=O)CN(c2ccc(Cl)cc2C)S(C)(=O)=O)ccc1OC(C)C. The summed E-state index contributed by atoms with van der Waals surface area (Å²) in [6.45, 7) is 5.46. The summed E-state index contributed by atoms with van der Waals surface area (Å²) in [6.07, 6.45) is 1.06. The molecule has 0 aliphatic rings. The van der Waals surface area contributed by atoms with E-state index in [2.05, 4.69) is 5.32 Å². The lowest BCUT2D eigenvalue weighted by molar-refractivity contribution is -0.119. The van der Waals surface area contributed by atoms with E-state index in [1.807, 2.05) is 19.9 Å². The van der Waals surface area contributed by atoms with Gasteiger partial charge in [-0.3, -0.25) is 9.10 Å². The van der Waals surface area contributed by atoms with Crippen LogP contribution in [0.15, 0.2) is 36.4 Å². The number of hydrogen-bond acceptors (Lipinski definition) is 5. The van der Waals surface area contributed by atoms with Crippen molar-refractivity contribution in [3.8, 4) is 11.5 Å². The van der Waals surface area contributed by atoms with E-state index >= 15 is 0 Å². The molecular formula is C21H27ClN2O5S. The summed E-state index contributed by atoms with van der Waals surface area (Å²) in [5.41, 5.74) is 1.87. The van der Waals surface area contributed by atoms with Crippen LogP contribution in [-0.2, 0) is 21.4 Å². The molecule has 0 radical (unpaired) electrons. The van der Waals surface area contributed by atoms with E-state index in [4.69, 9.17) is 21.1 Å². The quantitative estimate of drug-likeness (QED) is 0.626. The van der Waals surface area contributed by atoms with Crippen molar-refractivity contribution in [1.29, 1.82) is 0 Å². The van der Waals surface area contributed by atoms with Crippen molar-refractivity contribution in [2.24, 2.45) is 0 Å². The molecule has 1 N–H and O–H groups in total. The predicted molar refractivity (Wildman–Crippen MR) is 119 cm³/mol. The minimum absolute atomic E-state index is 0.00255. The van der Waals surface area contributed by atoms with E-state index in [1.165, 1.54) is 0 Å². The van der Waals surface area contributed by atoms with Crippen LogP contribution in [0, 0.1) is 6.92 Å². The van der Waals surface area contributed by atoms with E-state index in [0.29, 0.717) is 27.8 Å². The summed E-state index contributed by atoms with van der Waals surface area (Å²) in [5, 5.41) is 3.24. The molecule has 0 saturated carbocycles. The number of rotatable bonds is 9. The third kappa shape index (κ3) is 6.53. The van der Waals surface area contributed by atoms with Gasteiger partial charge in [-0.25, -0.2) is 8.42 Å². The van der Waals surface area contributed by atoms with Gasteiger partial charge in [-0.2, -0.15) is 0 Å². The monoisotopic (exact) mass is 454 g/mol. The van der Waals surface area contributed by atoms with Gasteiger partial charge in [0, 0.05) is 11.6 Å². The Bertz CT molecular complexity index is 1010. The second kappa shape index (κ2) is 10.0. The van der Waals surface area contributed by atoms with Gasteiger partial charge in [-0.05, 0) is 62.2 Å². The van der Waals surface area contributed by atoms with Gasteiger partial charge >= 0.3 is 0 Å². The van der Waals surface area contributed by atoms with Crippen LogP contribution in [-0.4, -0.2) is 40.3 Å². The standard InChI is InChI=1S/C21H27ClN2O5S/c1-14(2)29-19-9-6-16(11-20(19)28-4)12-23-21(25)13-24(30(5,26)27)18-8-7-17(22)10-15(18)3/h6-11,14H,12-13H2,1-5H3,(H,23,25). The Kier molecular flexibility index (Phi) is 7.97. The number of benzene rings is 2. The van der Waals surface area contributed by atoms with Crippen LogP contribution in [0.4, 0.5) is 5.69 Å². The minimum atomic E-state index is -3.67. The van der Waals surface area contributed by atoms with Crippen LogP contribution in [0.25, 0.3) is 0 Å². The highest BCUT2D eigenvalue weighted by molar-refractivity contribution is 7.92. The molecule has 0 saturated heterocycles. The van der Waals surface area contributed by atoms with Crippen LogP contribution in [0.2, 0.25) is 5.02 Å². The first-order chi connectivity index (χ1) is 14.0. The van der Waals surface area contributed by atoms with Crippen LogP contribution < -0.4 is 19.1 Å². The first-order valence-corrected chi connectivity index (χ1v) is 11.6. The van der Waals surface area contributed by atoms with Crippen LogP contribution >= 0.6 is 11.6 Å². The second-order valence-electron chi connectivity index (χ2n) is 7.13. The first-order valence-electron chi connectivity index (χ1n) is 9.35. The van der Waals surface area contributed by atoms with E-state index < -0.39 is 15.9 Å². The smallest absolute Gasteiger partial charge is 0.241 e. The molecule has 0 spiro atoms. The van der Waals surface area contributed by atoms with Gasteiger partial charge < -0.3 is 14.8 Å². The van der Waals surface area contributed by atoms with Gasteiger partial charge in [0.15, 0.2) is 11.5 Å². The highest BCUT2D eigenvalue weighted by atomic mass is 35.5. The second-order valence-corrected chi connectivity index (χ2v) is 9.47. The fraction of sp³-hybridized carbons (Fsp3) is 0.381. The molecule has 0 aliphatic carbocycles. The van der Waals surface area contributed by atoms with Gasteiger partial charge in [-0.1, -0.05) is 17.7 Å². The predicted octanol–water partition coefficient (Wildman–Crippen LogP) is 3.53. The van der Waals surface area contributed by atoms with Crippen molar-refractivity contribution in [3.63, 3.8) is 0 Å². The highest BCUT2D eigenvalue weighted by Gasteiger charge is 2.22. The lowest BCUT2D eigenvalue weighted by Crippen LogP contribution is -2.40. The largest absolute Gasteiger partial charge is 0.493 e. The van der Waals surface area contributed by atoms with Gasteiger partial charge in [0.05, 0.1) is 25.2 Å². The van der Waals surface area contributed by atoms with Crippen molar-refractivity contribution in [2.75, 3.05) is 24.2 Å². The lowest BCUT2D eigenvalue weighted by Gasteiger charge is -2.23. The number of carbonyl (C=O) groups excluding carboxylic acids is 1. The zero-order valence-electron chi connectivity index (χ0n) is 17.7. The summed E-state index contributed by atoms with van der Waals surface area (Å²) >= 11 is 5.96. The Morgan fingerprint density at radius 1 is 1.17 bits per heavy atom. The maximum Gasteiger partial charge on any atom is 0.241 e. The van der Waals surface area contributed by atoms with Crippen LogP contribution in [0.1, 0.15) is 25.0 Å². The number of nitrogens with zero attached hydrogens (tertiary/aromatic N) is 1. The number of ether oxygens (including phenoxy) is 2. The third-order valence-electron chi connectivity index (χ3n) is 4.20. The van der Waals surface area contributed by atoms with Crippen LogP contribution in [0.3, 0.4) is 0 Å². The summed E-state index contributed by atoms with van der Waals surface area (Å²) in [7, 11) is -2.12. The van der Waals surface area contributed by atoms with Gasteiger partial charge in [0.25, 0.3) is 0 Å². The molecule has 0 unspecified atom stereocenters. The Morgan fingerprint density at radius 2 is 1.87 bits per heavy atom. The molecule has 0 heterocycles. The number of aryl methyl sites for hydroxylation is 1. The maximum atomic E-state index is 12.5. The molecule has 2 rings (SSSR count). The normalized spacial score (nSPS) is 11.3. The molecule has 164 valence electrons. The van der Waals surface area contributed by atoms with Crippen LogP contribution in [0.5, 0.6) is 11.5 Å². The van der Waals surface area contributed by atoms with Crippen molar-refractivity contribution < 1.29 is 22.7 Å².